The van der Waals surface area contributed by atoms with Gasteiger partial charge in [0.25, 0.3) is 0 Å². The maximum Gasteiger partial charge on any atom is 0.0749 e. The van der Waals surface area contributed by atoms with E-state index < -0.39 is 0 Å². The third-order valence-electron chi connectivity index (χ3n) is 3.62. The number of rotatable bonds is 5. The average Bonchev–Trinajstić information content (AvgIpc) is 2.46. The molecule has 1 aromatic rings. The summed E-state index contributed by atoms with van der Waals surface area (Å²) in [4.78, 5) is 2.39. The van der Waals surface area contributed by atoms with Gasteiger partial charge in [-0.05, 0) is 43.9 Å². The van der Waals surface area contributed by atoms with Crippen LogP contribution in [0.4, 0.5) is 5.69 Å². The van der Waals surface area contributed by atoms with Crippen LogP contribution in [0.25, 0.3) is 0 Å². The number of likely N-dealkylation sites (N-methyl/N-ethyl adjacent to an activating group) is 1. The number of hydrogen-bond acceptors (Lipinski definition) is 3. The van der Waals surface area contributed by atoms with Crippen LogP contribution >= 0.6 is 0 Å². The molecule has 0 aromatic heterocycles. The Labute approximate surface area is 110 Å². The maximum atomic E-state index is 5.81. The van der Waals surface area contributed by atoms with Crippen molar-refractivity contribution >= 4 is 5.69 Å². The summed E-state index contributed by atoms with van der Waals surface area (Å²) in [5, 5.41) is 0. The van der Waals surface area contributed by atoms with Gasteiger partial charge in [0, 0.05) is 31.9 Å². The Morgan fingerprint density at radius 2 is 2.06 bits per heavy atom. The van der Waals surface area contributed by atoms with Gasteiger partial charge >= 0.3 is 0 Å². The zero-order chi connectivity index (χ0) is 12.8. The van der Waals surface area contributed by atoms with Crippen molar-refractivity contribution in [2.45, 2.75) is 38.8 Å². The van der Waals surface area contributed by atoms with Gasteiger partial charge in [-0.2, -0.15) is 0 Å². The number of anilines is 1. The molecule has 2 N–H and O–H groups in total. The minimum atomic E-state index is 0.396. The molecule has 1 aliphatic heterocycles. The molecule has 1 unspecified atom stereocenters. The Kier molecular flexibility index (Phi) is 5.02. The van der Waals surface area contributed by atoms with Gasteiger partial charge in [0.1, 0.15) is 0 Å². The van der Waals surface area contributed by atoms with E-state index in [1.165, 1.54) is 30.5 Å². The van der Waals surface area contributed by atoms with Crippen LogP contribution < -0.4 is 10.6 Å². The van der Waals surface area contributed by atoms with Gasteiger partial charge in [-0.25, -0.2) is 0 Å². The van der Waals surface area contributed by atoms with Crippen molar-refractivity contribution in [3.63, 3.8) is 0 Å². The fourth-order valence-electron chi connectivity index (χ4n) is 2.46. The Morgan fingerprint density at radius 3 is 2.61 bits per heavy atom. The first-order valence-corrected chi connectivity index (χ1v) is 6.99. The van der Waals surface area contributed by atoms with Crippen molar-refractivity contribution in [1.29, 1.82) is 0 Å². The zero-order valence-corrected chi connectivity index (χ0v) is 11.3. The molecule has 1 aliphatic rings. The summed E-state index contributed by atoms with van der Waals surface area (Å²) in [6.45, 7) is 5.74. The quantitative estimate of drug-likeness (QED) is 0.870. The summed E-state index contributed by atoms with van der Waals surface area (Å²) in [7, 11) is 0. The van der Waals surface area contributed by atoms with Gasteiger partial charge in [-0.3, -0.25) is 0 Å². The second-order valence-electron chi connectivity index (χ2n) is 4.90. The van der Waals surface area contributed by atoms with Crippen molar-refractivity contribution in [3.8, 4) is 0 Å². The molecule has 1 atom stereocenters. The minimum Gasteiger partial charge on any atom is -0.376 e. The van der Waals surface area contributed by atoms with Crippen molar-refractivity contribution in [2.24, 2.45) is 5.73 Å². The molecule has 1 aromatic carbocycles. The van der Waals surface area contributed by atoms with Crippen LogP contribution in [-0.4, -0.2) is 25.8 Å². The monoisotopic (exact) mass is 248 g/mol. The molecule has 3 heteroatoms. The fourth-order valence-corrected chi connectivity index (χ4v) is 2.46. The first-order valence-electron chi connectivity index (χ1n) is 6.99. The van der Waals surface area contributed by atoms with Crippen molar-refractivity contribution in [1.82, 2.24) is 0 Å². The SMILES string of the molecule is CCN(CC1CCCCO1)c1ccc(CN)cc1. The summed E-state index contributed by atoms with van der Waals surface area (Å²) in [6.07, 6.45) is 4.10. The third-order valence-corrected chi connectivity index (χ3v) is 3.62. The molecule has 1 fully saturated rings. The van der Waals surface area contributed by atoms with Crippen LogP contribution in [0.2, 0.25) is 0 Å². The van der Waals surface area contributed by atoms with E-state index >= 15 is 0 Å². The molecular formula is C15H24N2O. The average molecular weight is 248 g/mol. The number of benzene rings is 1. The van der Waals surface area contributed by atoms with Crippen LogP contribution in [0.5, 0.6) is 0 Å². The Balaban J connectivity index is 1.97. The van der Waals surface area contributed by atoms with Crippen molar-refractivity contribution < 1.29 is 4.74 Å². The van der Waals surface area contributed by atoms with Crippen LogP contribution in [0, 0.1) is 0 Å². The van der Waals surface area contributed by atoms with Crippen LogP contribution in [-0.2, 0) is 11.3 Å². The summed E-state index contributed by atoms with van der Waals surface area (Å²) in [6, 6.07) is 8.54. The molecule has 3 nitrogen and oxygen atoms in total. The van der Waals surface area contributed by atoms with E-state index in [1.807, 2.05) is 0 Å². The summed E-state index contributed by atoms with van der Waals surface area (Å²) in [5.41, 5.74) is 8.08. The molecular weight excluding hydrogens is 224 g/mol. The highest BCUT2D eigenvalue weighted by Gasteiger charge is 2.17. The topological polar surface area (TPSA) is 38.5 Å². The molecule has 1 saturated heterocycles. The lowest BCUT2D eigenvalue weighted by Gasteiger charge is -2.30. The zero-order valence-electron chi connectivity index (χ0n) is 11.3. The second kappa shape index (κ2) is 6.76. The molecule has 0 saturated carbocycles. The van der Waals surface area contributed by atoms with Gasteiger partial charge in [0.15, 0.2) is 0 Å². The van der Waals surface area contributed by atoms with Gasteiger partial charge in [-0.15, -0.1) is 0 Å². The Bertz CT molecular complexity index is 344. The predicted molar refractivity (Wildman–Crippen MR) is 75.8 cm³/mol. The van der Waals surface area contributed by atoms with E-state index in [2.05, 4.69) is 36.1 Å². The summed E-state index contributed by atoms with van der Waals surface area (Å²) >= 11 is 0. The summed E-state index contributed by atoms with van der Waals surface area (Å²) in [5.74, 6) is 0. The fraction of sp³-hybridized carbons (Fsp3) is 0.600. The second-order valence-corrected chi connectivity index (χ2v) is 4.90. The van der Waals surface area contributed by atoms with Gasteiger partial charge < -0.3 is 15.4 Å². The number of nitrogens with two attached hydrogens (primary N) is 1. The number of hydrogen-bond donors (Lipinski definition) is 1. The van der Waals surface area contributed by atoms with E-state index in [1.54, 1.807) is 0 Å². The smallest absolute Gasteiger partial charge is 0.0749 e. The largest absolute Gasteiger partial charge is 0.376 e. The lowest BCUT2D eigenvalue weighted by atomic mass is 10.1. The normalized spacial score (nSPS) is 19.8. The molecule has 0 bridgehead atoms. The highest BCUT2D eigenvalue weighted by atomic mass is 16.5. The van der Waals surface area contributed by atoms with E-state index in [-0.39, 0.29) is 0 Å². The molecule has 0 amide bonds. The van der Waals surface area contributed by atoms with Gasteiger partial charge in [0.05, 0.1) is 6.10 Å². The van der Waals surface area contributed by atoms with Crippen LogP contribution in [0.3, 0.4) is 0 Å². The lowest BCUT2D eigenvalue weighted by Crippen LogP contribution is -2.35. The lowest BCUT2D eigenvalue weighted by molar-refractivity contribution is 0.0211. The van der Waals surface area contributed by atoms with Crippen LogP contribution in [0.1, 0.15) is 31.7 Å². The van der Waals surface area contributed by atoms with Gasteiger partial charge in [0.2, 0.25) is 0 Å². The molecule has 0 radical (unpaired) electrons. The van der Waals surface area contributed by atoms with E-state index in [0.29, 0.717) is 12.6 Å². The van der Waals surface area contributed by atoms with E-state index in [0.717, 1.165) is 19.7 Å². The first-order chi connectivity index (χ1) is 8.83. The molecule has 0 spiro atoms. The van der Waals surface area contributed by atoms with Crippen LogP contribution in [0.15, 0.2) is 24.3 Å². The van der Waals surface area contributed by atoms with Crippen molar-refractivity contribution in [2.75, 3.05) is 24.6 Å². The van der Waals surface area contributed by atoms with E-state index in [9.17, 15) is 0 Å². The molecule has 18 heavy (non-hydrogen) atoms. The standard InChI is InChI=1S/C15H24N2O/c1-2-17(12-15-5-3-4-10-18-15)14-8-6-13(11-16)7-9-14/h6-9,15H,2-5,10-12,16H2,1H3. The molecule has 1 heterocycles. The summed E-state index contributed by atoms with van der Waals surface area (Å²) < 4.78 is 5.81. The Hall–Kier alpha value is -1.06. The molecule has 0 aliphatic carbocycles. The highest BCUT2D eigenvalue weighted by Crippen LogP contribution is 2.19. The predicted octanol–water partition coefficient (Wildman–Crippen LogP) is 2.54. The minimum absolute atomic E-state index is 0.396. The number of ether oxygens (including phenoxy) is 1. The Morgan fingerprint density at radius 1 is 1.28 bits per heavy atom. The van der Waals surface area contributed by atoms with Crippen molar-refractivity contribution in [3.05, 3.63) is 29.8 Å². The molecule has 2 rings (SSSR count). The highest BCUT2D eigenvalue weighted by molar-refractivity contribution is 5.47. The third kappa shape index (κ3) is 3.47. The first kappa shape index (κ1) is 13.4. The number of nitrogens with zero attached hydrogens (tertiary/aromatic N) is 1. The molecule has 100 valence electrons. The van der Waals surface area contributed by atoms with Gasteiger partial charge in [-0.1, -0.05) is 12.1 Å². The van der Waals surface area contributed by atoms with E-state index in [4.69, 9.17) is 10.5 Å². The maximum absolute atomic E-state index is 5.81.